The molecule has 1 aromatic rings. The molecule has 0 radical (unpaired) electrons. The molecule has 2 amide bonds. The zero-order valence-electron chi connectivity index (χ0n) is 15.1. The van der Waals surface area contributed by atoms with Gasteiger partial charge in [-0.1, -0.05) is 12.2 Å². The quantitative estimate of drug-likeness (QED) is 0.764. The first-order chi connectivity index (χ1) is 12.9. The largest absolute Gasteiger partial charge is 0.342 e. The van der Waals surface area contributed by atoms with E-state index in [1.165, 1.54) is 24.3 Å². The van der Waals surface area contributed by atoms with Gasteiger partial charge in [0.25, 0.3) is 0 Å². The Morgan fingerprint density at radius 1 is 0.963 bits per heavy atom. The van der Waals surface area contributed by atoms with Crippen LogP contribution in [-0.2, 0) is 19.6 Å². The zero-order chi connectivity index (χ0) is 19.4. The molecule has 3 N–H and O–H groups in total. The van der Waals surface area contributed by atoms with Gasteiger partial charge in [-0.2, -0.15) is 0 Å². The second-order valence-electron chi connectivity index (χ2n) is 7.10. The molecule has 2 atom stereocenters. The Kier molecular flexibility index (Phi) is 5.96. The summed E-state index contributed by atoms with van der Waals surface area (Å²) in [4.78, 5) is 27.6. The summed E-state index contributed by atoms with van der Waals surface area (Å²) in [6, 6.07) is 5.69. The summed E-state index contributed by atoms with van der Waals surface area (Å²) in [7, 11) is -3.77. The van der Waals surface area contributed by atoms with Crippen LogP contribution in [0.3, 0.4) is 0 Å². The monoisotopic (exact) mass is 391 g/mol. The van der Waals surface area contributed by atoms with Crippen LogP contribution in [-0.4, -0.2) is 38.2 Å². The second-order valence-corrected chi connectivity index (χ2v) is 8.66. The fourth-order valence-corrected chi connectivity index (χ4v) is 4.20. The molecule has 3 rings (SSSR count). The SMILES string of the molecule is NS(=O)(=O)c1ccc(NC(=O)C2CC=CCC2C(=O)N2CCCCC2)cc1. The van der Waals surface area contributed by atoms with Crippen LogP contribution in [0.4, 0.5) is 5.69 Å². The van der Waals surface area contributed by atoms with Crippen LogP contribution in [0.1, 0.15) is 32.1 Å². The van der Waals surface area contributed by atoms with Gasteiger partial charge < -0.3 is 10.2 Å². The average Bonchev–Trinajstić information content (AvgIpc) is 2.68. The smallest absolute Gasteiger partial charge is 0.238 e. The van der Waals surface area contributed by atoms with Crippen LogP contribution in [0.15, 0.2) is 41.3 Å². The first-order valence-corrected chi connectivity index (χ1v) is 10.8. The molecule has 7 nitrogen and oxygen atoms in total. The Morgan fingerprint density at radius 2 is 1.56 bits per heavy atom. The second kappa shape index (κ2) is 8.22. The highest BCUT2D eigenvalue weighted by Crippen LogP contribution is 2.30. The van der Waals surface area contributed by atoms with Crippen molar-refractivity contribution in [2.24, 2.45) is 17.0 Å². The van der Waals surface area contributed by atoms with Gasteiger partial charge in [-0.05, 0) is 56.4 Å². The van der Waals surface area contributed by atoms with Gasteiger partial charge in [0.05, 0.1) is 16.7 Å². The Bertz CT molecular complexity index is 827. The van der Waals surface area contributed by atoms with E-state index in [9.17, 15) is 18.0 Å². The molecular weight excluding hydrogens is 366 g/mol. The van der Waals surface area contributed by atoms with Crippen LogP contribution in [0.25, 0.3) is 0 Å². The lowest BCUT2D eigenvalue weighted by Gasteiger charge is -2.34. The van der Waals surface area contributed by atoms with E-state index >= 15 is 0 Å². The summed E-state index contributed by atoms with van der Waals surface area (Å²) in [6.45, 7) is 1.53. The Hall–Kier alpha value is -2.19. The number of sulfonamides is 1. The number of benzene rings is 1. The first kappa shape index (κ1) is 19.6. The van der Waals surface area contributed by atoms with Crippen LogP contribution >= 0.6 is 0 Å². The molecule has 1 heterocycles. The molecule has 1 aliphatic heterocycles. The summed E-state index contributed by atoms with van der Waals surface area (Å²) in [5.74, 6) is -0.944. The van der Waals surface area contributed by atoms with Gasteiger partial charge in [0.15, 0.2) is 0 Å². The molecule has 1 aromatic carbocycles. The molecule has 1 saturated heterocycles. The Labute approximate surface area is 159 Å². The van der Waals surface area contributed by atoms with Gasteiger partial charge in [-0.25, -0.2) is 13.6 Å². The molecule has 0 bridgehead atoms. The van der Waals surface area contributed by atoms with E-state index in [0.717, 1.165) is 32.4 Å². The maximum Gasteiger partial charge on any atom is 0.238 e. The third-order valence-electron chi connectivity index (χ3n) is 5.20. The van der Waals surface area contributed by atoms with Crippen molar-refractivity contribution in [2.75, 3.05) is 18.4 Å². The highest BCUT2D eigenvalue weighted by Gasteiger charge is 2.36. The summed E-state index contributed by atoms with van der Waals surface area (Å²) >= 11 is 0. The molecular formula is C19H25N3O4S. The minimum absolute atomic E-state index is 0.0146. The van der Waals surface area contributed by atoms with Crippen LogP contribution in [0.5, 0.6) is 0 Å². The minimum Gasteiger partial charge on any atom is -0.342 e. The number of carbonyl (C=O) groups is 2. The van der Waals surface area contributed by atoms with Crippen molar-refractivity contribution in [3.63, 3.8) is 0 Å². The van der Waals surface area contributed by atoms with Gasteiger partial charge >= 0.3 is 0 Å². The number of piperidine rings is 1. The van der Waals surface area contributed by atoms with Crippen LogP contribution in [0.2, 0.25) is 0 Å². The van der Waals surface area contributed by atoms with E-state index in [1.54, 1.807) is 0 Å². The number of rotatable bonds is 4. The molecule has 8 heteroatoms. The summed E-state index contributed by atoms with van der Waals surface area (Å²) in [6.07, 6.45) is 8.17. The maximum atomic E-state index is 12.9. The first-order valence-electron chi connectivity index (χ1n) is 9.24. The van der Waals surface area contributed by atoms with Gasteiger partial charge in [-0.15, -0.1) is 0 Å². The van der Waals surface area contributed by atoms with Crippen molar-refractivity contribution in [1.29, 1.82) is 0 Å². The third kappa shape index (κ3) is 4.75. The Balaban J connectivity index is 1.70. The number of nitrogens with two attached hydrogens (primary N) is 1. The number of hydrogen-bond acceptors (Lipinski definition) is 4. The number of amides is 2. The fourth-order valence-electron chi connectivity index (χ4n) is 3.69. The molecule has 146 valence electrons. The molecule has 0 saturated carbocycles. The van der Waals surface area contributed by atoms with E-state index in [2.05, 4.69) is 5.32 Å². The van der Waals surface area contributed by atoms with E-state index in [1.807, 2.05) is 17.1 Å². The number of hydrogen-bond donors (Lipinski definition) is 2. The van der Waals surface area contributed by atoms with E-state index < -0.39 is 15.9 Å². The van der Waals surface area contributed by atoms with Crippen LogP contribution < -0.4 is 10.5 Å². The summed E-state index contributed by atoms with van der Waals surface area (Å²) < 4.78 is 22.6. The Morgan fingerprint density at radius 3 is 2.15 bits per heavy atom. The molecule has 0 spiro atoms. The van der Waals surface area contributed by atoms with E-state index in [-0.39, 0.29) is 22.6 Å². The van der Waals surface area contributed by atoms with Crippen LogP contribution in [0, 0.1) is 11.8 Å². The molecule has 2 unspecified atom stereocenters. The average molecular weight is 391 g/mol. The lowest BCUT2D eigenvalue weighted by molar-refractivity contribution is -0.141. The molecule has 2 aliphatic rings. The van der Waals surface area contributed by atoms with Crippen molar-refractivity contribution >= 4 is 27.5 Å². The minimum atomic E-state index is -3.77. The predicted molar refractivity (Wildman–Crippen MR) is 102 cm³/mol. The number of likely N-dealkylation sites (tertiary alicyclic amines) is 1. The number of primary sulfonamides is 1. The lowest BCUT2D eigenvalue weighted by atomic mass is 9.81. The van der Waals surface area contributed by atoms with Gasteiger partial charge in [0.2, 0.25) is 21.8 Å². The van der Waals surface area contributed by atoms with Crippen molar-refractivity contribution in [3.8, 4) is 0 Å². The van der Waals surface area contributed by atoms with Gasteiger partial charge in [-0.3, -0.25) is 9.59 Å². The van der Waals surface area contributed by atoms with E-state index in [4.69, 9.17) is 5.14 Å². The maximum absolute atomic E-state index is 12.9. The number of nitrogens with zero attached hydrogens (tertiary/aromatic N) is 1. The molecule has 27 heavy (non-hydrogen) atoms. The lowest BCUT2D eigenvalue weighted by Crippen LogP contribution is -2.45. The molecule has 1 aliphatic carbocycles. The number of nitrogens with one attached hydrogen (secondary N) is 1. The fraction of sp³-hybridized carbons (Fsp3) is 0.474. The number of carbonyl (C=O) groups excluding carboxylic acids is 2. The normalized spacial score (nSPS) is 23.1. The number of allylic oxidation sites excluding steroid dienone is 2. The van der Waals surface area contributed by atoms with Crippen molar-refractivity contribution in [3.05, 3.63) is 36.4 Å². The highest BCUT2D eigenvalue weighted by atomic mass is 32.2. The van der Waals surface area contributed by atoms with Gasteiger partial charge in [0, 0.05) is 18.8 Å². The van der Waals surface area contributed by atoms with Crippen molar-refractivity contribution < 1.29 is 18.0 Å². The summed E-state index contributed by atoms with van der Waals surface area (Å²) in [5.41, 5.74) is 0.478. The molecule has 0 aromatic heterocycles. The van der Waals surface area contributed by atoms with E-state index in [0.29, 0.717) is 18.5 Å². The standard InChI is InChI=1S/C19H25N3O4S/c20-27(25,26)15-10-8-14(9-11-15)21-18(23)16-6-2-3-7-17(16)19(24)22-12-4-1-5-13-22/h2-3,8-11,16-17H,1,4-7,12-13H2,(H,21,23)(H2,20,25,26). The third-order valence-corrected chi connectivity index (χ3v) is 6.13. The highest BCUT2D eigenvalue weighted by molar-refractivity contribution is 7.89. The summed E-state index contributed by atoms with van der Waals surface area (Å²) in [5, 5.41) is 7.88. The predicted octanol–water partition coefficient (Wildman–Crippen LogP) is 1.87. The topological polar surface area (TPSA) is 110 Å². The number of anilines is 1. The molecule has 1 fully saturated rings. The zero-order valence-corrected chi connectivity index (χ0v) is 16.0. The van der Waals surface area contributed by atoms with Gasteiger partial charge in [0.1, 0.15) is 0 Å². The van der Waals surface area contributed by atoms with Crippen molar-refractivity contribution in [2.45, 2.75) is 37.0 Å². The van der Waals surface area contributed by atoms with Crippen molar-refractivity contribution in [1.82, 2.24) is 4.90 Å².